The van der Waals surface area contributed by atoms with Crippen LogP contribution >= 0.6 is 0 Å². The Morgan fingerprint density at radius 1 is 1.13 bits per heavy atom. The standard InChI is InChI=1S/C17H27NO4S/c1-21-15-9-8-13(12-16(15)22-2)10-11-18-14-6-4-5-7-17(14)23(3,19)20/h8-9,12,14,17-18H,4-7,10-11H2,1-3H3/t14-,17-/m0/s1. The van der Waals surface area contributed by atoms with E-state index in [0.717, 1.165) is 50.0 Å². The number of sulfone groups is 1. The zero-order chi connectivity index (χ0) is 16.9. The molecular formula is C17H27NO4S. The Labute approximate surface area is 139 Å². The van der Waals surface area contributed by atoms with Crippen molar-refractivity contribution in [3.63, 3.8) is 0 Å². The molecule has 1 saturated carbocycles. The van der Waals surface area contributed by atoms with Crippen molar-refractivity contribution >= 4 is 9.84 Å². The van der Waals surface area contributed by atoms with Gasteiger partial charge in [0.25, 0.3) is 0 Å². The van der Waals surface area contributed by atoms with Crippen LogP contribution in [0.25, 0.3) is 0 Å². The summed E-state index contributed by atoms with van der Waals surface area (Å²) in [7, 11) is 0.253. The second-order valence-electron chi connectivity index (χ2n) is 6.15. The van der Waals surface area contributed by atoms with E-state index in [1.54, 1.807) is 14.2 Å². The van der Waals surface area contributed by atoms with E-state index in [2.05, 4.69) is 5.32 Å². The second-order valence-corrected chi connectivity index (χ2v) is 8.42. The maximum absolute atomic E-state index is 11.9. The normalized spacial score (nSPS) is 21.9. The molecule has 0 aromatic heterocycles. The van der Waals surface area contributed by atoms with Crippen LogP contribution in [0, 0.1) is 0 Å². The van der Waals surface area contributed by atoms with Crippen molar-refractivity contribution in [2.24, 2.45) is 0 Å². The van der Waals surface area contributed by atoms with E-state index < -0.39 is 9.84 Å². The molecule has 2 rings (SSSR count). The third-order valence-corrected chi connectivity index (χ3v) is 6.18. The first-order chi connectivity index (χ1) is 11.0. The van der Waals surface area contributed by atoms with Crippen molar-refractivity contribution in [3.8, 4) is 11.5 Å². The van der Waals surface area contributed by atoms with Crippen LogP contribution < -0.4 is 14.8 Å². The first kappa shape index (κ1) is 18.1. The minimum absolute atomic E-state index is 0.0684. The molecule has 0 heterocycles. The highest BCUT2D eigenvalue weighted by Gasteiger charge is 2.32. The van der Waals surface area contributed by atoms with Crippen molar-refractivity contribution in [2.45, 2.75) is 43.4 Å². The van der Waals surface area contributed by atoms with Crippen molar-refractivity contribution in [2.75, 3.05) is 27.0 Å². The molecule has 1 aliphatic rings. The van der Waals surface area contributed by atoms with Crippen LogP contribution in [0.15, 0.2) is 18.2 Å². The lowest BCUT2D eigenvalue weighted by atomic mass is 9.94. The fraction of sp³-hybridized carbons (Fsp3) is 0.647. The summed E-state index contributed by atoms with van der Waals surface area (Å²) in [5.74, 6) is 1.44. The summed E-state index contributed by atoms with van der Waals surface area (Å²) in [5, 5.41) is 3.19. The van der Waals surface area contributed by atoms with Gasteiger partial charge in [-0.25, -0.2) is 8.42 Å². The van der Waals surface area contributed by atoms with Crippen LogP contribution in [-0.4, -0.2) is 46.7 Å². The predicted molar refractivity (Wildman–Crippen MR) is 92.1 cm³/mol. The van der Waals surface area contributed by atoms with Gasteiger partial charge in [0.15, 0.2) is 21.3 Å². The maximum Gasteiger partial charge on any atom is 0.160 e. The summed E-state index contributed by atoms with van der Waals surface area (Å²) in [6.07, 6.45) is 5.99. The molecule has 1 aromatic rings. The lowest BCUT2D eigenvalue weighted by Crippen LogP contribution is -2.46. The van der Waals surface area contributed by atoms with Crippen molar-refractivity contribution in [1.82, 2.24) is 5.32 Å². The van der Waals surface area contributed by atoms with E-state index in [4.69, 9.17) is 9.47 Å². The van der Waals surface area contributed by atoms with Gasteiger partial charge >= 0.3 is 0 Å². The maximum atomic E-state index is 11.9. The molecule has 2 atom stereocenters. The first-order valence-electron chi connectivity index (χ1n) is 8.09. The highest BCUT2D eigenvalue weighted by atomic mass is 32.2. The molecule has 0 bridgehead atoms. The Morgan fingerprint density at radius 3 is 2.48 bits per heavy atom. The molecule has 5 nitrogen and oxygen atoms in total. The van der Waals surface area contributed by atoms with Gasteiger partial charge < -0.3 is 14.8 Å². The van der Waals surface area contributed by atoms with Gasteiger partial charge in [-0.1, -0.05) is 18.9 Å². The second kappa shape index (κ2) is 8.02. The SMILES string of the molecule is COc1ccc(CCN[C@H]2CCCC[C@@H]2S(C)(=O)=O)cc1OC. The van der Waals surface area contributed by atoms with E-state index >= 15 is 0 Å². The van der Waals surface area contributed by atoms with Crippen molar-refractivity contribution < 1.29 is 17.9 Å². The number of methoxy groups -OCH3 is 2. The summed E-state index contributed by atoms with van der Waals surface area (Å²) >= 11 is 0. The Morgan fingerprint density at radius 2 is 1.83 bits per heavy atom. The number of benzene rings is 1. The smallest absolute Gasteiger partial charge is 0.160 e. The summed E-state index contributed by atoms with van der Waals surface area (Å²) in [6, 6.07) is 5.94. The third kappa shape index (κ3) is 4.85. The monoisotopic (exact) mass is 341 g/mol. The molecule has 0 spiro atoms. The van der Waals surface area contributed by atoms with Gasteiger partial charge in [-0.05, 0) is 43.5 Å². The Bertz CT molecular complexity index is 615. The fourth-order valence-corrected chi connectivity index (χ4v) is 4.70. The average molecular weight is 341 g/mol. The molecule has 6 heteroatoms. The lowest BCUT2D eigenvalue weighted by molar-refractivity contribution is 0.354. The molecule has 23 heavy (non-hydrogen) atoms. The number of hydrogen-bond donors (Lipinski definition) is 1. The molecule has 0 radical (unpaired) electrons. The van der Waals surface area contributed by atoms with Gasteiger partial charge in [0.05, 0.1) is 19.5 Å². The fourth-order valence-electron chi connectivity index (χ4n) is 3.28. The molecule has 0 unspecified atom stereocenters. The van der Waals surface area contributed by atoms with Crippen LogP contribution in [0.2, 0.25) is 0 Å². The highest BCUT2D eigenvalue weighted by Crippen LogP contribution is 2.28. The van der Waals surface area contributed by atoms with Gasteiger partial charge in [-0.15, -0.1) is 0 Å². The van der Waals surface area contributed by atoms with Crippen LogP contribution in [-0.2, 0) is 16.3 Å². The summed E-state index contributed by atoms with van der Waals surface area (Å²) in [4.78, 5) is 0. The molecule has 1 N–H and O–H groups in total. The number of ether oxygens (including phenoxy) is 2. The number of hydrogen-bond acceptors (Lipinski definition) is 5. The molecule has 130 valence electrons. The van der Waals surface area contributed by atoms with Gasteiger partial charge in [0.1, 0.15) is 0 Å². The van der Waals surface area contributed by atoms with Crippen LogP contribution in [0.5, 0.6) is 11.5 Å². The Balaban J connectivity index is 1.93. The zero-order valence-corrected chi connectivity index (χ0v) is 15.0. The van der Waals surface area contributed by atoms with Crippen molar-refractivity contribution in [1.29, 1.82) is 0 Å². The summed E-state index contributed by atoms with van der Waals surface area (Å²) < 4.78 is 34.4. The molecule has 1 aromatic carbocycles. The molecule has 1 fully saturated rings. The van der Waals surface area contributed by atoms with Crippen LogP contribution in [0.4, 0.5) is 0 Å². The molecular weight excluding hydrogens is 314 g/mol. The average Bonchev–Trinajstić information content (AvgIpc) is 2.54. The molecule has 1 aliphatic carbocycles. The lowest BCUT2D eigenvalue weighted by Gasteiger charge is -2.31. The minimum Gasteiger partial charge on any atom is -0.493 e. The van der Waals surface area contributed by atoms with E-state index in [1.807, 2.05) is 18.2 Å². The molecule has 0 saturated heterocycles. The molecule has 0 amide bonds. The number of nitrogens with one attached hydrogen (secondary N) is 1. The zero-order valence-electron chi connectivity index (χ0n) is 14.2. The number of rotatable bonds is 7. The Kier molecular flexibility index (Phi) is 6.30. The highest BCUT2D eigenvalue weighted by molar-refractivity contribution is 7.91. The first-order valence-corrected chi connectivity index (χ1v) is 10.0. The van der Waals surface area contributed by atoms with E-state index in [-0.39, 0.29) is 11.3 Å². The van der Waals surface area contributed by atoms with Crippen LogP contribution in [0.3, 0.4) is 0 Å². The third-order valence-electron chi connectivity index (χ3n) is 4.52. The summed E-state index contributed by atoms with van der Waals surface area (Å²) in [6.45, 7) is 0.756. The Hall–Kier alpha value is -1.27. The topological polar surface area (TPSA) is 64.6 Å². The van der Waals surface area contributed by atoms with Gasteiger partial charge in [-0.2, -0.15) is 0 Å². The van der Waals surface area contributed by atoms with E-state index in [9.17, 15) is 8.42 Å². The quantitative estimate of drug-likeness (QED) is 0.823. The van der Waals surface area contributed by atoms with Crippen molar-refractivity contribution in [3.05, 3.63) is 23.8 Å². The van der Waals surface area contributed by atoms with Gasteiger partial charge in [0.2, 0.25) is 0 Å². The van der Waals surface area contributed by atoms with Crippen LogP contribution in [0.1, 0.15) is 31.2 Å². The van der Waals surface area contributed by atoms with E-state index in [0.29, 0.717) is 5.75 Å². The van der Waals surface area contributed by atoms with Gasteiger partial charge in [-0.3, -0.25) is 0 Å². The van der Waals surface area contributed by atoms with E-state index in [1.165, 1.54) is 6.26 Å². The molecule has 0 aliphatic heterocycles. The van der Waals surface area contributed by atoms with Gasteiger partial charge in [0, 0.05) is 12.3 Å². The minimum atomic E-state index is -2.99. The summed E-state index contributed by atoms with van der Waals surface area (Å²) in [5.41, 5.74) is 1.14. The largest absolute Gasteiger partial charge is 0.493 e. The predicted octanol–water partition coefficient (Wildman–Crippen LogP) is 2.19.